The highest BCUT2D eigenvalue weighted by molar-refractivity contribution is 6.04. The Kier molecular flexibility index (Phi) is 8.43. The summed E-state index contributed by atoms with van der Waals surface area (Å²) in [4.78, 5) is 21.5. The van der Waals surface area contributed by atoms with Gasteiger partial charge in [-0.3, -0.25) is 14.9 Å². The second kappa shape index (κ2) is 12.1. The number of nitrogens with zero attached hydrogens (tertiary/aromatic N) is 4. The van der Waals surface area contributed by atoms with E-state index in [1.807, 2.05) is 0 Å². The van der Waals surface area contributed by atoms with Crippen LogP contribution in [-0.4, -0.2) is 52.2 Å². The molecule has 0 aliphatic heterocycles. The highest BCUT2D eigenvalue weighted by Crippen LogP contribution is 2.29. The molecule has 4 rings (SSSR count). The number of carbonyl (C=O) groups excluding carboxylic acids is 1. The number of aliphatic hydroxyl groups excluding tert-OH is 1. The Bertz CT molecular complexity index is 1490. The molecule has 38 heavy (non-hydrogen) atoms. The summed E-state index contributed by atoms with van der Waals surface area (Å²) in [5.74, 6) is -2.39. The number of aromatic nitrogens is 3. The van der Waals surface area contributed by atoms with Crippen molar-refractivity contribution >= 4 is 12.1 Å². The fourth-order valence-corrected chi connectivity index (χ4v) is 4.02. The van der Waals surface area contributed by atoms with Crippen LogP contribution in [0.4, 0.5) is 8.78 Å². The molecular weight excluding hydrogens is 492 g/mol. The summed E-state index contributed by atoms with van der Waals surface area (Å²) >= 11 is 0. The fraction of sp³-hybridized carbons (Fsp3) is 0.179. The van der Waals surface area contributed by atoms with E-state index in [4.69, 9.17) is 4.74 Å². The number of methoxy groups -OCH3 is 1. The minimum atomic E-state index is -0.725. The molecule has 192 valence electrons. The molecule has 0 fully saturated rings. The zero-order valence-electron chi connectivity index (χ0n) is 20.3. The number of aliphatic hydroxyl groups is 1. The maximum Gasteiger partial charge on any atom is 0.277 e. The number of nitriles is 1. The molecule has 0 bridgehead atoms. The van der Waals surface area contributed by atoms with Crippen molar-refractivity contribution in [3.05, 3.63) is 95.3 Å². The van der Waals surface area contributed by atoms with Crippen LogP contribution in [0.1, 0.15) is 21.6 Å². The SMILES string of the molecule is COC(CO)C(C=NC(=O)c1cccc(F)c1-c1cc(-c2ccc(F)cc2)n[nH]1)Cc1ncccc1C#N. The van der Waals surface area contributed by atoms with E-state index in [0.29, 0.717) is 22.5 Å². The molecule has 0 aliphatic rings. The van der Waals surface area contributed by atoms with Crippen molar-refractivity contribution in [1.29, 1.82) is 5.26 Å². The van der Waals surface area contributed by atoms with Crippen LogP contribution in [0.15, 0.2) is 71.9 Å². The minimum Gasteiger partial charge on any atom is -0.394 e. The quantitative estimate of drug-likeness (QED) is 0.319. The number of hydrogen-bond acceptors (Lipinski definition) is 6. The molecular formula is C28H23F2N5O3. The van der Waals surface area contributed by atoms with Crippen LogP contribution < -0.4 is 0 Å². The number of hydrogen-bond donors (Lipinski definition) is 2. The molecule has 8 nitrogen and oxygen atoms in total. The lowest BCUT2D eigenvalue weighted by Gasteiger charge is -2.21. The average molecular weight is 516 g/mol. The molecule has 0 saturated carbocycles. The number of aromatic amines is 1. The first-order valence-corrected chi connectivity index (χ1v) is 11.6. The van der Waals surface area contributed by atoms with Gasteiger partial charge in [-0.2, -0.15) is 10.4 Å². The van der Waals surface area contributed by atoms with E-state index in [9.17, 15) is 23.9 Å². The summed E-state index contributed by atoms with van der Waals surface area (Å²) in [5.41, 5.74) is 2.09. The molecule has 2 aromatic heterocycles. The minimum absolute atomic E-state index is 0.0113. The van der Waals surface area contributed by atoms with E-state index >= 15 is 0 Å². The fourth-order valence-electron chi connectivity index (χ4n) is 4.02. The van der Waals surface area contributed by atoms with E-state index < -0.39 is 29.6 Å². The van der Waals surface area contributed by atoms with Crippen molar-refractivity contribution in [2.45, 2.75) is 12.5 Å². The van der Waals surface area contributed by atoms with E-state index in [-0.39, 0.29) is 29.8 Å². The largest absolute Gasteiger partial charge is 0.394 e. The van der Waals surface area contributed by atoms with E-state index in [0.717, 1.165) is 0 Å². The molecule has 0 aliphatic carbocycles. The van der Waals surface area contributed by atoms with Gasteiger partial charge in [0, 0.05) is 43.0 Å². The molecule has 0 saturated heterocycles. The van der Waals surface area contributed by atoms with Crippen LogP contribution in [0.3, 0.4) is 0 Å². The van der Waals surface area contributed by atoms with Crippen LogP contribution in [0.5, 0.6) is 0 Å². The van der Waals surface area contributed by atoms with Gasteiger partial charge in [0.1, 0.15) is 17.7 Å². The Labute approximate surface area is 217 Å². The molecule has 4 aromatic rings. The standard InChI is InChI=1S/C28H23F2N5O3/c1-38-26(16-36)19(12-23-18(14-31)4-3-11-32-23)15-33-28(37)21-5-2-6-22(30)27(21)25-13-24(34-35-25)17-7-9-20(29)10-8-17/h2-11,13,15,19,26,36H,12,16H2,1H3,(H,34,35). The number of carbonyl (C=O) groups is 1. The van der Waals surface area contributed by atoms with Crippen molar-refractivity contribution in [1.82, 2.24) is 15.2 Å². The highest BCUT2D eigenvalue weighted by Gasteiger charge is 2.23. The van der Waals surface area contributed by atoms with Gasteiger partial charge in [0.25, 0.3) is 5.91 Å². The number of nitrogens with one attached hydrogen (secondary N) is 1. The summed E-state index contributed by atoms with van der Waals surface area (Å²) < 4.78 is 33.6. The van der Waals surface area contributed by atoms with Crippen LogP contribution in [0.25, 0.3) is 22.5 Å². The van der Waals surface area contributed by atoms with E-state index in [1.54, 1.807) is 36.5 Å². The number of benzene rings is 2. The number of H-pyrrole nitrogens is 1. The predicted molar refractivity (Wildman–Crippen MR) is 136 cm³/mol. The van der Waals surface area contributed by atoms with Gasteiger partial charge in [0.15, 0.2) is 0 Å². The third-order valence-electron chi connectivity index (χ3n) is 6.01. The number of aliphatic imine (C=N–C) groups is 1. The van der Waals surface area contributed by atoms with Crippen LogP contribution in [0.2, 0.25) is 0 Å². The topological polar surface area (TPSA) is 124 Å². The lowest BCUT2D eigenvalue weighted by Crippen LogP contribution is -2.30. The Balaban J connectivity index is 1.65. The molecule has 1 amide bonds. The van der Waals surface area contributed by atoms with Crippen LogP contribution in [0, 0.1) is 28.9 Å². The molecule has 2 heterocycles. The first kappa shape index (κ1) is 26.5. The Morgan fingerprint density at radius 1 is 1.21 bits per heavy atom. The summed E-state index contributed by atoms with van der Waals surface area (Å²) in [6.45, 7) is -0.360. The van der Waals surface area contributed by atoms with Gasteiger partial charge in [-0.05, 0) is 54.6 Å². The molecule has 10 heteroatoms. The second-order valence-electron chi connectivity index (χ2n) is 8.35. The van der Waals surface area contributed by atoms with Crippen molar-refractivity contribution in [3.63, 3.8) is 0 Å². The van der Waals surface area contributed by atoms with Gasteiger partial charge in [-0.1, -0.05) is 6.07 Å². The Morgan fingerprint density at radius 3 is 2.71 bits per heavy atom. The summed E-state index contributed by atoms with van der Waals surface area (Å²) in [7, 11) is 1.41. The molecule has 2 unspecified atom stereocenters. The monoisotopic (exact) mass is 515 g/mol. The maximum atomic E-state index is 15.0. The zero-order valence-corrected chi connectivity index (χ0v) is 20.3. The van der Waals surface area contributed by atoms with Gasteiger partial charge in [-0.15, -0.1) is 0 Å². The van der Waals surface area contributed by atoms with Gasteiger partial charge in [0.2, 0.25) is 0 Å². The first-order chi connectivity index (χ1) is 18.4. The molecule has 2 atom stereocenters. The Morgan fingerprint density at radius 2 is 2.00 bits per heavy atom. The summed E-state index contributed by atoms with van der Waals surface area (Å²) in [5, 5.41) is 26.1. The average Bonchev–Trinajstić information content (AvgIpc) is 3.42. The summed E-state index contributed by atoms with van der Waals surface area (Å²) in [6.07, 6.45) is 2.32. The van der Waals surface area contributed by atoms with E-state index in [1.165, 1.54) is 43.7 Å². The zero-order chi connectivity index (χ0) is 27.1. The van der Waals surface area contributed by atoms with Gasteiger partial charge in [-0.25, -0.2) is 13.8 Å². The molecule has 2 aromatic carbocycles. The molecule has 0 spiro atoms. The van der Waals surface area contributed by atoms with Crippen LogP contribution in [-0.2, 0) is 11.2 Å². The van der Waals surface area contributed by atoms with E-state index in [2.05, 4.69) is 26.2 Å². The number of halogens is 2. The normalized spacial score (nSPS) is 12.8. The number of amides is 1. The van der Waals surface area contributed by atoms with Crippen molar-refractivity contribution < 1.29 is 23.4 Å². The highest BCUT2D eigenvalue weighted by atomic mass is 19.1. The lowest BCUT2D eigenvalue weighted by atomic mass is 9.95. The first-order valence-electron chi connectivity index (χ1n) is 11.6. The lowest BCUT2D eigenvalue weighted by molar-refractivity contribution is 0.0271. The number of ether oxygens (including phenoxy) is 1. The van der Waals surface area contributed by atoms with Gasteiger partial charge in [0.05, 0.1) is 40.9 Å². The molecule has 2 N–H and O–H groups in total. The van der Waals surface area contributed by atoms with Crippen molar-refractivity contribution in [2.24, 2.45) is 10.9 Å². The maximum absolute atomic E-state index is 15.0. The molecule has 0 radical (unpaired) electrons. The van der Waals surface area contributed by atoms with Gasteiger partial charge < -0.3 is 9.84 Å². The predicted octanol–water partition coefficient (Wildman–Crippen LogP) is 4.37. The third kappa shape index (κ3) is 5.86. The van der Waals surface area contributed by atoms with Crippen molar-refractivity contribution in [3.8, 4) is 28.6 Å². The smallest absolute Gasteiger partial charge is 0.277 e. The van der Waals surface area contributed by atoms with Crippen LogP contribution >= 0.6 is 0 Å². The Hall–Kier alpha value is -4.59. The number of pyridine rings is 1. The third-order valence-corrected chi connectivity index (χ3v) is 6.01. The van der Waals surface area contributed by atoms with Gasteiger partial charge >= 0.3 is 0 Å². The number of rotatable bonds is 9. The summed E-state index contributed by atoms with van der Waals surface area (Å²) in [6, 6.07) is 16.6. The van der Waals surface area contributed by atoms with Crippen molar-refractivity contribution in [2.75, 3.05) is 13.7 Å². The second-order valence-corrected chi connectivity index (χ2v) is 8.35.